The molecule has 0 fully saturated rings. The molecule has 0 spiro atoms. The summed E-state index contributed by atoms with van der Waals surface area (Å²) in [5, 5.41) is -0.708. The van der Waals surface area contributed by atoms with Crippen LogP contribution in [0.25, 0.3) is 0 Å². The van der Waals surface area contributed by atoms with Crippen molar-refractivity contribution < 1.29 is 31.5 Å². The molecule has 0 rings (SSSR count). The third-order valence-corrected chi connectivity index (χ3v) is 4.07. The van der Waals surface area contributed by atoms with E-state index in [-0.39, 0.29) is 12.5 Å². The molecule has 0 amide bonds. The standard InChI is InChI=1S/C14H23F5O2S/c1-4-5-7-21-12(20)11(9-10(2)3)22-8-6-13(15,16)14(17,18)19/h10-11H,4-9H2,1-3H3. The molecular weight excluding hydrogens is 327 g/mol. The summed E-state index contributed by atoms with van der Waals surface area (Å²) in [5.41, 5.74) is 0. The van der Waals surface area contributed by atoms with Gasteiger partial charge in [-0.05, 0) is 18.8 Å². The van der Waals surface area contributed by atoms with Gasteiger partial charge in [0.25, 0.3) is 0 Å². The van der Waals surface area contributed by atoms with Crippen molar-refractivity contribution in [3.8, 4) is 0 Å². The van der Waals surface area contributed by atoms with Gasteiger partial charge in [0, 0.05) is 12.2 Å². The van der Waals surface area contributed by atoms with E-state index in [0.29, 0.717) is 12.8 Å². The van der Waals surface area contributed by atoms with Crippen LogP contribution in [-0.2, 0) is 9.53 Å². The van der Waals surface area contributed by atoms with Gasteiger partial charge in [-0.2, -0.15) is 22.0 Å². The molecule has 0 aliphatic carbocycles. The number of carbonyl (C=O) groups is 1. The van der Waals surface area contributed by atoms with E-state index in [1.807, 2.05) is 20.8 Å². The highest BCUT2D eigenvalue weighted by Gasteiger charge is 2.56. The van der Waals surface area contributed by atoms with Crippen LogP contribution in [0.3, 0.4) is 0 Å². The van der Waals surface area contributed by atoms with Gasteiger partial charge in [-0.15, -0.1) is 11.8 Å². The van der Waals surface area contributed by atoms with Gasteiger partial charge in [0.2, 0.25) is 0 Å². The fourth-order valence-electron chi connectivity index (χ4n) is 1.54. The van der Waals surface area contributed by atoms with Gasteiger partial charge in [0.15, 0.2) is 0 Å². The lowest BCUT2D eigenvalue weighted by molar-refractivity contribution is -0.282. The Labute approximate surface area is 132 Å². The summed E-state index contributed by atoms with van der Waals surface area (Å²) in [5.74, 6) is -5.61. The highest BCUT2D eigenvalue weighted by atomic mass is 32.2. The fourth-order valence-corrected chi connectivity index (χ4v) is 2.93. The van der Waals surface area contributed by atoms with Crippen LogP contribution < -0.4 is 0 Å². The van der Waals surface area contributed by atoms with Crippen LogP contribution in [0, 0.1) is 5.92 Å². The lowest BCUT2D eigenvalue weighted by Crippen LogP contribution is -2.37. The van der Waals surface area contributed by atoms with Crippen molar-refractivity contribution in [1.82, 2.24) is 0 Å². The first-order chi connectivity index (χ1) is 10.0. The Balaban J connectivity index is 4.45. The monoisotopic (exact) mass is 350 g/mol. The van der Waals surface area contributed by atoms with Crippen molar-refractivity contribution in [1.29, 1.82) is 0 Å². The number of hydrogen-bond acceptors (Lipinski definition) is 3. The minimum Gasteiger partial charge on any atom is -0.465 e. The Morgan fingerprint density at radius 2 is 1.77 bits per heavy atom. The smallest absolute Gasteiger partial charge is 0.453 e. The molecule has 1 atom stereocenters. The van der Waals surface area contributed by atoms with Gasteiger partial charge >= 0.3 is 18.1 Å². The van der Waals surface area contributed by atoms with E-state index in [1.165, 1.54) is 0 Å². The van der Waals surface area contributed by atoms with E-state index in [4.69, 9.17) is 4.74 Å². The van der Waals surface area contributed by atoms with Gasteiger partial charge in [0.05, 0.1) is 6.61 Å². The highest BCUT2D eigenvalue weighted by Crippen LogP contribution is 2.39. The number of thioether (sulfide) groups is 1. The molecule has 0 bridgehead atoms. The quantitative estimate of drug-likeness (QED) is 0.313. The fraction of sp³-hybridized carbons (Fsp3) is 0.929. The Morgan fingerprint density at radius 1 is 1.18 bits per heavy atom. The molecule has 0 aliphatic rings. The number of unbranched alkanes of at least 4 members (excludes halogenated alkanes) is 1. The Kier molecular flexibility index (Phi) is 9.34. The predicted molar refractivity (Wildman–Crippen MR) is 77.2 cm³/mol. The van der Waals surface area contributed by atoms with Crippen LogP contribution in [0.1, 0.15) is 46.5 Å². The van der Waals surface area contributed by atoms with E-state index < -0.39 is 35.5 Å². The molecule has 0 aromatic rings. The zero-order valence-corrected chi connectivity index (χ0v) is 13.8. The molecule has 2 nitrogen and oxygen atoms in total. The first-order valence-electron chi connectivity index (χ1n) is 7.24. The second-order valence-corrected chi connectivity index (χ2v) is 6.77. The van der Waals surface area contributed by atoms with Gasteiger partial charge in [-0.1, -0.05) is 27.2 Å². The first kappa shape index (κ1) is 21.5. The lowest BCUT2D eigenvalue weighted by Gasteiger charge is -2.21. The summed E-state index contributed by atoms with van der Waals surface area (Å²) >= 11 is 0.804. The van der Waals surface area contributed by atoms with E-state index >= 15 is 0 Å². The molecule has 0 saturated heterocycles. The summed E-state index contributed by atoms with van der Waals surface area (Å²) < 4.78 is 66.9. The van der Waals surface area contributed by atoms with E-state index in [9.17, 15) is 26.7 Å². The second kappa shape index (κ2) is 9.57. The van der Waals surface area contributed by atoms with Crippen LogP contribution in [-0.4, -0.2) is 35.7 Å². The Bertz CT molecular complexity index is 332. The van der Waals surface area contributed by atoms with E-state index in [0.717, 1.165) is 18.2 Å². The average molecular weight is 350 g/mol. The van der Waals surface area contributed by atoms with Gasteiger partial charge in [0.1, 0.15) is 5.25 Å². The molecule has 1 unspecified atom stereocenters. The summed E-state index contributed by atoms with van der Waals surface area (Å²) in [6.07, 6.45) is -4.97. The number of rotatable bonds is 10. The summed E-state index contributed by atoms with van der Waals surface area (Å²) in [6.45, 7) is 5.85. The molecule has 0 N–H and O–H groups in total. The van der Waals surface area contributed by atoms with Crippen LogP contribution in [0.15, 0.2) is 0 Å². The number of halogens is 5. The third kappa shape index (κ3) is 8.19. The second-order valence-electron chi connectivity index (χ2n) is 5.46. The van der Waals surface area contributed by atoms with Crippen LogP contribution in [0.2, 0.25) is 0 Å². The minimum absolute atomic E-state index is 0.111. The maximum Gasteiger partial charge on any atom is 0.453 e. The van der Waals surface area contributed by atoms with Gasteiger partial charge in [-0.3, -0.25) is 4.79 Å². The van der Waals surface area contributed by atoms with Crippen LogP contribution >= 0.6 is 11.8 Å². The van der Waals surface area contributed by atoms with Crippen molar-refractivity contribution in [2.45, 2.75) is 63.8 Å². The number of hydrogen-bond donors (Lipinski definition) is 0. The van der Waals surface area contributed by atoms with Crippen molar-refractivity contribution in [3.05, 3.63) is 0 Å². The predicted octanol–water partition coefficient (Wildman–Crippen LogP) is 5.07. The third-order valence-electron chi connectivity index (χ3n) is 2.84. The van der Waals surface area contributed by atoms with Crippen molar-refractivity contribution in [2.24, 2.45) is 5.92 Å². The van der Waals surface area contributed by atoms with E-state index in [1.54, 1.807) is 0 Å². The molecular formula is C14H23F5O2S. The van der Waals surface area contributed by atoms with Crippen LogP contribution in [0.4, 0.5) is 22.0 Å². The number of esters is 1. The molecule has 0 aromatic carbocycles. The Morgan fingerprint density at radius 3 is 2.23 bits per heavy atom. The largest absolute Gasteiger partial charge is 0.465 e. The maximum absolute atomic E-state index is 12.8. The molecule has 8 heteroatoms. The zero-order chi connectivity index (χ0) is 17.4. The number of alkyl halides is 5. The normalized spacial score (nSPS) is 14.2. The van der Waals surface area contributed by atoms with Gasteiger partial charge < -0.3 is 4.74 Å². The lowest BCUT2D eigenvalue weighted by atomic mass is 10.1. The number of carbonyl (C=O) groups excluding carboxylic acids is 1. The first-order valence-corrected chi connectivity index (χ1v) is 8.29. The maximum atomic E-state index is 12.8. The zero-order valence-electron chi connectivity index (χ0n) is 13.0. The summed E-state index contributed by atoms with van der Waals surface area (Å²) in [6, 6.07) is 0. The summed E-state index contributed by atoms with van der Waals surface area (Å²) in [7, 11) is 0. The molecule has 0 radical (unpaired) electrons. The molecule has 0 aromatic heterocycles. The summed E-state index contributed by atoms with van der Waals surface area (Å²) in [4.78, 5) is 11.9. The molecule has 132 valence electrons. The molecule has 0 aliphatic heterocycles. The van der Waals surface area contributed by atoms with E-state index in [2.05, 4.69) is 0 Å². The molecule has 0 heterocycles. The Hall–Kier alpha value is -0.530. The van der Waals surface area contributed by atoms with Crippen LogP contribution in [0.5, 0.6) is 0 Å². The molecule has 0 saturated carbocycles. The molecule has 22 heavy (non-hydrogen) atoms. The van der Waals surface area contributed by atoms with Gasteiger partial charge in [-0.25, -0.2) is 0 Å². The topological polar surface area (TPSA) is 26.3 Å². The average Bonchev–Trinajstić information content (AvgIpc) is 2.35. The highest BCUT2D eigenvalue weighted by molar-refractivity contribution is 8.00. The van der Waals surface area contributed by atoms with Crippen molar-refractivity contribution in [2.75, 3.05) is 12.4 Å². The van der Waals surface area contributed by atoms with Crippen molar-refractivity contribution >= 4 is 17.7 Å². The van der Waals surface area contributed by atoms with Crippen molar-refractivity contribution in [3.63, 3.8) is 0 Å². The minimum atomic E-state index is -5.55. The number of ether oxygens (including phenoxy) is 1. The SMILES string of the molecule is CCCCOC(=O)C(CC(C)C)SCCC(F)(F)C(F)(F)F.